The van der Waals surface area contributed by atoms with Gasteiger partial charge >= 0.3 is 0 Å². The topological polar surface area (TPSA) is 64.4 Å². The van der Waals surface area contributed by atoms with Crippen LogP contribution in [0.3, 0.4) is 0 Å². The lowest BCUT2D eigenvalue weighted by atomic mass is 10.2. The van der Waals surface area contributed by atoms with Crippen LogP contribution < -0.4 is 10.1 Å². The summed E-state index contributed by atoms with van der Waals surface area (Å²) >= 11 is 6.08. The van der Waals surface area contributed by atoms with E-state index in [0.29, 0.717) is 27.8 Å². The van der Waals surface area contributed by atoms with E-state index in [1.54, 1.807) is 19.1 Å². The number of carbonyl (C=O) groups excluding carboxylic acids is 1. The zero-order valence-corrected chi connectivity index (χ0v) is 14.9. The number of rotatable bonds is 5. The largest absolute Gasteiger partial charge is 0.489 e. The van der Waals surface area contributed by atoms with Crippen LogP contribution >= 0.6 is 11.6 Å². The van der Waals surface area contributed by atoms with Crippen molar-refractivity contribution in [2.45, 2.75) is 20.5 Å². The van der Waals surface area contributed by atoms with Gasteiger partial charge in [0.05, 0.1) is 5.56 Å². The average molecular weight is 375 g/mol. The maximum Gasteiger partial charge on any atom is 0.278 e. The number of aryl methyl sites for hydroxylation is 2. The number of amides is 1. The summed E-state index contributed by atoms with van der Waals surface area (Å²) in [6.07, 6.45) is 0. The molecule has 0 fully saturated rings. The Balaban J connectivity index is 1.74. The molecule has 1 heterocycles. The van der Waals surface area contributed by atoms with Gasteiger partial charge in [0.1, 0.15) is 23.9 Å². The van der Waals surface area contributed by atoms with E-state index in [1.165, 1.54) is 24.3 Å². The Hall–Kier alpha value is -2.86. The third-order valence-electron chi connectivity index (χ3n) is 3.83. The first-order valence-electron chi connectivity index (χ1n) is 7.85. The minimum atomic E-state index is -0.431. The van der Waals surface area contributed by atoms with Crippen molar-refractivity contribution in [2.75, 3.05) is 5.32 Å². The molecule has 0 radical (unpaired) electrons. The standard InChI is InChI=1S/C19H16ClFN2O3/c1-11-3-6-14(9-17(11)20)22-19(24)18-16(12(2)26-23-18)10-25-15-7-4-13(21)5-8-15/h3-9H,10H2,1-2H3,(H,22,24). The highest BCUT2D eigenvalue weighted by Crippen LogP contribution is 2.22. The lowest BCUT2D eigenvalue weighted by Crippen LogP contribution is -2.15. The van der Waals surface area contributed by atoms with Gasteiger partial charge in [0.2, 0.25) is 0 Å². The molecular formula is C19H16ClFN2O3. The van der Waals surface area contributed by atoms with Gasteiger partial charge in [-0.2, -0.15) is 0 Å². The van der Waals surface area contributed by atoms with E-state index in [-0.39, 0.29) is 18.1 Å². The molecule has 0 aliphatic carbocycles. The third kappa shape index (κ3) is 4.03. The maximum absolute atomic E-state index is 13.0. The molecular weight excluding hydrogens is 359 g/mol. The maximum atomic E-state index is 13.0. The van der Waals surface area contributed by atoms with Crippen LogP contribution in [0.2, 0.25) is 5.02 Å². The van der Waals surface area contributed by atoms with E-state index in [4.69, 9.17) is 20.9 Å². The van der Waals surface area contributed by atoms with Gasteiger partial charge in [0, 0.05) is 10.7 Å². The highest BCUT2D eigenvalue weighted by Gasteiger charge is 2.20. The zero-order valence-electron chi connectivity index (χ0n) is 14.2. The summed E-state index contributed by atoms with van der Waals surface area (Å²) < 4.78 is 23.7. The Morgan fingerprint density at radius 3 is 2.65 bits per heavy atom. The van der Waals surface area contributed by atoms with Gasteiger partial charge in [0.15, 0.2) is 5.69 Å². The first-order valence-corrected chi connectivity index (χ1v) is 8.23. The van der Waals surface area contributed by atoms with Gasteiger partial charge < -0.3 is 14.6 Å². The number of hydrogen-bond donors (Lipinski definition) is 1. The average Bonchev–Trinajstić information content (AvgIpc) is 2.98. The fourth-order valence-corrected chi connectivity index (χ4v) is 2.47. The number of ether oxygens (including phenoxy) is 1. The Morgan fingerprint density at radius 2 is 1.96 bits per heavy atom. The van der Waals surface area contributed by atoms with Gasteiger partial charge in [-0.1, -0.05) is 22.8 Å². The smallest absolute Gasteiger partial charge is 0.278 e. The number of aromatic nitrogens is 1. The molecule has 0 aliphatic heterocycles. The van der Waals surface area contributed by atoms with Crippen molar-refractivity contribution >= 4 is 23.2 Å². The van der Waals surface area contributed by atoms with Crippen molar-refractivity contribution in [3.8, 4) is 5.75 Å². The molecule has 134 valence electrons. The van der Waals surface area contributed by atoms with Crippen LogP contribution in [0.5, 0.6) is 5.75 Å². The molecule has 0 aliphatic rings. The second kappa shape index (κ2) is 7.58. The lowest BCUT2D eigenvalue weighted by molar-refractivity contribution is 0.101. The molecule has 1 N–H and O–H groups in total. The molecule has 0 spiro atoms. The number of benzene rings is 2. The van der Waals surface area contributed by atoms with Crippen molar-refractivity contribution in [3.63, 3.8) is 0 Å². The fourth-order valence-electron chi connectivity index (χ4n) is 2.29. The first kappa shape index (κ1) is 17.9. The molecule has 0 saturated heterocycles. The van der Waals surface area contributed by atoms with Gasteiger partial charge in [-0.3, -0.25) is 4.79 Å². The monoisotopic (exact) mass is 374 g/mol. The van der Waals surface area contributed by atoms with Crippen LogP contribution in [0, 0.1) is 19.7 Å². The molecule has 0 bridgehead atoms. The van der Waals surface area contributed by atoms with E-state index in [9.17, 15) is 9.18 Å². The van der Waals surface area contributed by atoms with Gasteiger partial charge in [-0.15, -0.1) is 0 Å². The molecule has 2 aromatic carbocycles. The molecule has 3 aromatic rings. The predicted octanol–water partition coefficient (Wildman–Crippen LogP) is 4.92. The van der Waals surface area contributed by atoms with E-state index in [0.717, 1.165) is 5.56 Å². The molecule has 7 heteroatoms. The number of carbonyl (C=O) groups is 1. The minimum Gasteiger partial charge on any atom is -0.489 e. The van der Waals surface area contributed by atoms with Crippen molar-refractivity contribution in [2.24, 2.45) is 0 Å². The number of nitrogens with one attached hydrogen (secondary N) is 1. The van der Waals surface area contributed by atoms with Crippen molar-refractivity contribution < 1.29 is 18.4 Å². The van der Waals surface area contributed by atoms with E-state index in [2.05, 4.69) is 10.5 Å². The van der Waals surface area contributed by atoms with Crippen molar-refractivity contribution in [3.05, 3.63) is 75.9 Å². The summed E-state index contributed by atoms with van der Waals surface area (Å²) in [6, 6.07) is 10.8. The summed E-state index contributed by atoms with van der Waals surface area (Å²) in [5.41, 5.74) is 2.11. The quantitative estimate of drug-likeness (QED) is 0.688. The van der Waals surface area contributed by atoms with Crippen LogP contribution in [0.25, 0.3) is 0 Å². The lowest BCUT2D eigenvalue weighted by Gasteiger charge is -2.08. The molecule has 1 amide bonds. The van der Waals surface area contributed by atoms with Crippen LogP contribution in [0.1, 0.15) is 27.4 Å². The van der Waals surface area contributed by atoms with E-state index >= 15 is 0 Å². The fraction of sp³-hybridized carbons (Fsp3) is 0.158. The highest BCUT2D eigenvalue weighted by atomic mass is 35.5. The first-order chi connectivity index (χ1) is 12.4. The van der Waals surface area contributed by atoms with Gasteiger partial charge in [-0.25, -0.2) is 4.39 Å². The van der Waals surface area contributed by atoms with Crippen LogP contribution in [0.15, 0.2) is 47.0 Å². The summed E-state index contributed by atoms with van der Waals surface area (Å²) in [5, 5.41) is 7.11. The van der Waals surface area contributed by atoms with Crippen LogP contribution in [-0.4, -0.2) is 11.1 Å². The second-order valence-corrected chi connectivity index (χ2v) is 6.13. The Morgan fingerprint density at radius 1 is 1.23 bits per heavy atom. The zero-order chi connectivity index (χ0) is 18.7. The number of anilines is 1. The minimum absolute atomic E-state index is 0.0678. The SMILES string of the molecule is Cc1ccc(NC(=O)c2noc(C)c2COc2ccc(F)cc2)cc1Cl. The number of nitrogens with zero attached hydrogens (tertiary/aromatic N) is 1. The second-order valence-electron chi connectivity index (χ2n) is 5.73. The van der Waals surface area contributed by atoms with Crippen molar-refractivity contribution in [1.82, 2.24) is 5.16 Å². The molecule has 1 aromatic heterocycles. The van der Waals surface area contributed by atoms with Crippen LogP contribution in [0.4, 0.5) is 10.1 Å². The van der Waals surface area contributed by atoms with Crippen molar-refractivity contribution in [1.29, 1.82) is 0 Å². The number of halogens is 2. The molecule has 0 atom stereocenters. The number of hydrogen-bond acceptors (Lipinski definition) is 4. The highest BCUT2D eigenvalue weighted by molar-refractivity contribution is 6.31. The predicted molar refractivity (Wildman–Crippen MR) is 96.1 cm³/mol. The van der Waals surface area contributed by atoms with Gasteiger partial charge in [0.25, 0.3) is 5.91 Å². The summed E-state index contributed by atoms with van der Waals surface area (Å²) in [6.45, 7) is 3.63. The summed E-state index contributed by atoms with van der Waals surface area (Å²) in [4.78, 5) is 12.5. The Labute approximate surface area is 154 Å². The Bertz CT molecular complexity index is 938. The summed E-state index contributed by atoms with van der Waals surface area (Å²) in [7, 11) is 0. The normalized spacial score (nSPS) is 10.6. The third-order valence-corrected chi connectivity index (χ3v) is 4.23. The molecule has 5 nitrogen and oxygen atoms in total. The molecule has 0 saturated carbocycles. The Kier molecular flexibility index (Phi) is 5.23. The van der Waals surface area contributed by atoms with E-state index in [1.807, 2.05) is 13.0 Å². The van der Waals surface area contributed by atoms with E-state index < -0.39 is 5.91 Å². The summed E-state index contributed by atoms with van der Waals surface area (Å²) in [5.74, 6) is 0.165. The molecule has 0 unspecified atom stereocenters. The molecule has 3 rings (SSSR count). The van der Waals surface area contributed by atoms with Gasteiger partial charge in [-0.05, 0) is 55.8 Å². The van der Waals surface area contributed by atoms with Crippen LogP contribution in [-0.2, 0) is 6.61 Å². The molecule has 26 heavy (non-hydrogen) atoms.